The van der Waals surface area contributed by atoms with Crippen molar-refractivity contribution in [1.29, 1.82) is 0 Å². The van der Waals surface area contributed by atoms with E-state index in [0.717, 1.165) is 22.4 Å². The first-order valence-corrected chi connectivity index (χ1v) is 8.84. The van der Waals surface area contributed by atoms with Crippen LogP contribution < -0.4 is 0 Å². The number of aryl methyl sites for hydroxylation is 2. The number of aromatic amines is 1. The van der Waals surface area contributed by atoms with E-state index >= 15 is 0 Å². The lowest BCUT2D eigenvalue weighted by molar-refractivity contribution is 0.911. The van der Waals surface area contributed by atoms with Crippen molar-refractivity contribution in [3.05, 3.63) is 84.1 Å². The molecule has 2 aromatic heterocycles. The van der Waals surface area contributed by atoms with Crippen LogP contribution in [0.15, 0.2) is 72.9 Å². The number of benzene rings is 3. The van der Waals surface area contributed by atoms with E-state index in [1.165, 1.54) is 27.5 Å². The average molecular weight is 337 g/mol. The molecule has 0 bridgehead atoms. The Morgan fingerprint density at radius 1 is 0.846 bits per heavy atom. The van der Waals surface area contributed by atoms with Gasteiger partial charge in [0.15, 0.2) is 0 Å². The summed E-state index contributed by atoms with van der Waals surface area (Å²) in [6.45, 7) is 4.32. The minimum atomic E-state index is 1.05. The number of nitrogens with zero attached hydrogens (tertiary/aromatic N) is 2. The van der Waals surface area contributed by atoms with Gasteiger partial charge in [-0.05, 0) is 49.2 Å². The van der Waals surface area contributed by atoms with Gasteiger partial charge in [-0.15, -0.1) is 0 Å². The molecule has 0 fully saturated rings. The number of rotatable bonds is 2. The predicted molar refractivity (Wildman–Crippen MR) is 108 cm³/mol. The summed E-state index contributed by atoms with van der Waals surface area (Å²) in [6.07, 6.45) is 2.08. The van der Waals surface area contributed by atoms with Crippen LogP contribution in [0.3, 0.4) is 0 Å². The summed E-state index contributed by atoms with van der Waals surface area (Å²) >= 11 is 0. The van der Waals surface area contributed by atoms with Crippen LogP contribution in [0, 0.1) is 13.8 Å². The summed E-state index contributed by atoms with van der Waals surface area (Å²) in [6, 6.07) is 23.1. The fourth-order valence-electron chi connectivity index (χ4n) is 3.84. The van der Waals surface area contributed by atoms with Crippen LogP contribution in [0.1, 0.15) is 11.1 Å². The number of hydrogen-bond donors (Lipinski definition) is 1. The van der Waals surface area contributed by atoms with Crippen LogP contribution >= 0.6 is 0 Å². The molecule has 0 unspecified atom stereocenters. The van der Waals surface area contributed by atoms with E-state index in [4.69, 9.17) is 4.98 Å². The van der Waals surface area contributed by atoms with Crippen molar-refractivity contribution in [3.8, 4) is 16.9 Å². The van der Waals surface area contributed by atoms with Crippen LogP contribution in [0.2, 0.25) is 0 Å². The number of fused-ring (bicyclic) bond motifs is 3. The first-order chi connectivity index (χ1) is 12.7. The smallest absolute Gasteiger partial charge is 0.0748 e. The number of nitrogens with one attached hydrogen (secondary N) is 1. The second-order valence-electron chi connectivity index (χ2n) is 6.74. The Balaban J connectivity index is 1.80. The van der Waals surface area contributed by atoms with Gasteiger partial charge < -0.3 is 5.10 Å². The van der Waals surface area contributed by atoms with Crippen LogP contribution in [0.4, 0.5) is 0 Å². The normalized spacial score (nSPS) is 11.5. The van der Waals surface area contributed by atoms with Crippen molar-refractivity contribution in [2.45, 2.75) is 13.8 Å². The fraction of sp³-hybridized carbons (Fsp3) is 0.0870. The second-order valence-corrected chi connectivity index (χ2v) is 6.74. The molecule has 5 rings (SSSR count). The highest BCUT2D eigenvalue weighted by atomic mass is 15.3. The zero-order valence-corrected chi connectivity index (χ0v) is 14.8. The van der Waals surface area contributed by atoms with Crippen LogP contribution in [0.5, 0.6) is 0 Å². The van der Waals surface area contributed by atoms with Gasteiger partial charge in [-0.25, -0.2) is 4.98 Å². The molecule has 3 heteroatoms. The molecular weight excluding hydrogens is 318 g/mol. The molecule has 0 aliphatic heterocycles. The molecule has 3 aromatic carbocycles. The van der Waals surface area contributed by atoms with E-state index < -0.39 is 0 Å². The molecule has 0 radical (unpaired) electrons. The van der Waals surface area contributed by atoms with E-state index in [9.17, 15) is 0 Å². The summed E-state index contributed by atoms with van der Waals surface area (Å²) in [5.41, 5.74) is 8.11. The average Bonchev–Trinajstić information content (AvgIpc) is 3.24. The standard InChI is InChI=1S/C23H19N3/c1-15-8-6-7-11-18(15)23-16(2)22-19-14-24-26(17-9-4-3-5-10-17)21(19)13-12-20(22)25-23/h3-14,24H,1-2H3. The van der Waals surface area contributed by atoms with Crippen molar-refractivity contribution in [2.75, 3.05) is 0 Å². The minimum absolute atomic E-state index is 1.05. The van der Waals surface area contributed by atoms with Gasteiger partial charge >= 0.3 is 0 Å². The van der Waals surface area contributed by atoms with Gasteiger partial charge in [0.05, 0.1) is 22.4 Å². The largest absolute Gasteiger partial charge is 0.300 e. The fourth-order valence-corrected chi connectivity index (χ4v) is 3.84. The first-order valence-electron chi connectivity index (χ1n) is 8.84. The topological polar surface area (TPSA) is 33.6 Å². The highest BCUT2D eigenvalue weighted by molar-refractivity contribution is 6.09. The van der Waals surface area contributed by atoms with Gasteiger partial charge in [0.1, 0.15) is 0 Å². The van der Waals surface area contributed by atoms with E-state index in [1.54, 1.807) is 0 Å². The molecule has 0 aliphatic rings. The van der Waals surface area contributed by atoms with Crippen LogP contribution in [-0.4, -0.2) is 14.8 Å². The molecule has 26 heavy (non-hydrogen) atoms. The van der Waals surface area contributed by atoms with Gasteiger partial charge in [-0.3, -0.25) is 4.68 Å². The Kier molecular flexibility index (Phi) is 3.22. The third-order valence-electron chi connectivity index (χ3n) is 5.16. The van der Waals surface area contributed by atoms with Gasteiger partial charge in [0, 0.05) is 22.5 Å². The Hall–Kier alpha value is -3.33. The van der Waals surface area contributed by atoms with Crippen molar-refractivity contribution in [3.63, 3.8) is 0 Å². The molecule has 126 valence electrons. The molecule has 5 aromatic rings. The van der Waals surface area contributed by atoms with E-state index in [0.29, 0.717) is 0 Å². The molecule has 0 amide bonds. The van der Waals surface area contributed by atoms with Crippen molar-refractivity contribution < 1.29 is 0 Å². The van der Waals surface area contributed by atoms with Gasteiger partial charge in [0.2, 0.25) is 0 Å². The summed E-state index contributed by atoms with van der Waals surface area (Å²) in [5, 5.41) is 5.83. The molecule has 2 heterocycles. The minimum Gasteiger partial charge on any atom is -0.300 e. The highest BCUT2D eigenvalue weighted by Gasteiger charge is 2.16. The molecule has 0 saturated carbocycles. The lowest BCUT2D eigenvalue weighted by atomic mass is 10.0. The lowest BCUT2D eigenvalue weighted by Crippen LogP contribution is -1.94. The second kappa shape index (κ2) is 5.60. The van der Waals surface area contributed by atoms with Crippen molar-refractivity contribution in [2.24, 2.45) is 0 Å². The molecule has 0 saturated heterocycles. The quantitative estimate of drug-likeness (QED) is 0.434. The van der Waals surface area contributed by atoms with Crippen LogP contribution in [-0.2, 0) is 0 Å². The third-order valence-corrected chi connectivity index (χ3v) is 5.16. The maximum Gasteiger partial charge on any atom is 0.0748 e. The molecule has 0 atom stereocenters. The number of aromatic nitrogens is 3. The Labute approximate surface area is 151 Å². The molecule has 0 aliphatic carbocycles. The Bertz CT molecular complexity index is 1240. The number of hydrogen-bond acceptors (Lipinski definition) is 1. The van der Waals surface area contributed by atoms with Crippen molar-refractivity contribution >= 4 is 21.8 Å². The van der Waals surface area contributed by atoms with Crippen molar-refractivity contribution in [1.82, 2.24) is 14.8 Å². The zero-order valence-electron chi connectivity index (χ0n) is 14.8. The highest BCUT2D eigenvalue weighted by Crippen LogP contribution is 2.36. The summed E-state index contributed by atoms with van der Waals surface area (Å²) in [4.78, 5) is 4.95. The van der Waals surface area contributed by atoms with Gasteiger partial charge in [0.25, 0.3) is 0 Å². The lowest BCUT2D eigenvalue weighted by Gasteiger charge is -2.05. The first kappa shape index (κ1) is 15.0. The molecule has 0 spiro atoms. The van der Waals surface area contributed by atoms with Gasteiger partial charge in [-0.1, -0.05) is 42.5 Å². The SMILES string of the molecule is Cc1ccccc1-c1nc2ccc3c(c[nH]n3-c3ccccc3)c2c1C. The maximum absolute atomic E-state index is 4.95. The number of H-pyrrole nitrogens is 1. The molecular formula is C23H19N3. The molecule has 3 nitrogen and oxygen atoms in total. The Morgan fingerprint density at radius 2 is 1.62 bits per heavy atom. The maximum atomic E-state index is 4.95. The summed E-state index contributed by atoms with van der Waals surface area (Å²) in [5.74, 6) is 0. The monoisotopic (exact) mass is 337 g/mol. The zero-order chi connectivity index (χ0) is 17.7. The summed E-state index contributed by atoms with van der Waals surface area (Å²) in [7, 11) is 0. The number of para-hydroxylation sites is 1. The molecule has 1 N–H and O–H groups in total. The van der Waals surface area contributed by atoms with E-state index in [2.05, 4.69) is 90.5 Å². The third kappa shape index (κ3) is 2.10. The predicted octanol–water partition coefficient (Wildman–Crippen LogP) is 5.79. The van der Waals surface area contributed by atoms with Gasteiger partial charge in [-0.2, -0.15) is 0 Å². The summed E-state index contributed by atoms with van der Waals surface area (Å²) < 4.78 is 2.12. The Morgan fingerprint density at radius 3 is 2.42 bits per heavy atom. The van der Waals surface area contributed by atoms with E-state index in [1.807, 2.05) is 6.07 Å². The van der Waals surface area contributed by atoms with Crippen LogP contribution in [0.25, 0.3) is 38.8 Å². The van der Waals surface area contributed by atoms with E-state index in [-0.39, 0.29) is 0 Å².